The number of fused-ring (bicyclic) bond motifs is 1. The van der Waals surface area contributed by atoms with Crippen LogP contribution in [-0.4, -0.2) is 36.9 Å². The number of likely N-dealkylation sites (N-methyl/N-ethyl adjacent to an activating group) is 1. The number of ether oxygens (including phenoxy) is 1. The molecule has 1 N–H and O–H groups in total. The molecule has 0 saturated heterocycles. The highest BCUT2D eigenvalue weighted by Gasteiger charge is 2.24. The third-order valence-electron chi connectivity index (χ3n) is 4.23. The summed E-state index contributed by atoms with van der Waals surface area (Å²) in [5.41, 5.74) is 1.18. The van der Waals surface area contributed by atoms with Crippen molar-refractivity contribution in [1.29, 1.82) is 0 Å². The zero-order valence-corrected chi connectivity index (χ0v) is 12.2. The second kappa shape index (κ2) is 5.76. The fourth-order valence-corrected chi connectivity index (χ4v) is 2.93. The van der Waals surface area contributed by atoms with Crippen LogP contribution in [0.15, 0.2) is 18.2 Å². The molecule has 5 heteroatoms. The highest BCUT2D eigenvalue weighted by molar-refractivity contribution is 6.00. The Kier molecular flexibility index (Phi) is 3.82. The predicted molar refractivity (Wildman–Crippen MR) is 79.5 cm³/mol. The maximum atomic E-state index is 12.3. The molecule has 0 spiro atoms. The second-order valence-electron chi connectivity index (χ2n) is 5.76. The van der Waals surface area contributed by atoms with E-state index >= 15 is 0 Å². The number of hydrogen-bond acceptors (Lipinski definition) is 3. The maximum Gasteiger partial charge on any atom is 0.257 e. The molecule has 0 aromatic heterocycles. The van der Waals surface area contributed by atoms with Gasteiger partial charge in [0.15, 0.2) is 0 Å². The van der Waals surface area contributed by atoms with Crippen LogP contribution in [0.5, 0.6) is 5.75 Å². The molecule has 21 heavy (non-hydrogen) atoms. The minimum atomic E-state index is -0.0699. The molecule has 1 aromatic carbocycles. The Bertz CT molecular complexity index is 565. The molecule has 0 atom stereocenters. The van der Waals surface area contributed by atoms with Crippen molar-refractivity contribution in [2.45, 2.75) is 25.7 Å². The molecule has 1 aliphatic heterocycles. The smallest absolute Gasteiger partial charge is 0.257 e. The normalized spacial score (nSPS) is 18.9. The Balaban J connectivity index is 1.80. The molecular weight excluding hydrogens is 268 g/mol. The van der Waals surface area contributed by atoms with Gasteiger partial charge in [-0.25, -0.2) is 0 Å². The van der Waals surface area contributed by atoms with Crippen molar-refractivity contribution in [3.05, 3.63) is 23.8 Å². The average molecular weight is 288 g/mol. The summed E-state index contributed by atoms with van der Waals surface area (Å²) in [5, 5.41) is 2.92. The van der Waals surface area contributed by atoms with Gasteiger partial charge in [-0.3, -0.25) is 9.59 Å². The lowest BCUT2D eigenvalue weighted by molar-refractivity contribution is -0.119. The van der Waals surface area contributed by atoms with Crippen molar-refractivity contribution < 1.29 is 14.3 Å². The van der Waals surface area contributed by atoms with E-state index < -0.39 is 0 Å². The topological polar surface area (TPSA) is 58.6 Å². The lowest BCUT2D eigenvalue weighted by Gasteiger charge is -2.14. The van der Waals surface area contributed by atoms with E-state index in [1.165, 1.54) is 0 Å². The van der Waals surface area contributed by atoms with E-state index in [9.17, 15) is 9.59 Å². The number of carbonyl (C=O) groups is 2. The zero-order chi connectivity index (χ0) is 14.8. The standard InChI is InChI=1S/C16H20N2O3/c1-18-8-9-21-14-7-6-12(10-13(14)16(18)20)17-15(19)11-4-2-3-5-11/h6-7,10-11H,2-5,8-9H2,1H3,(H,17,19). The van der Waals surface area contributed by atoms with Crippen LogP contribution in [0.2, 0.25) is 0 Å². The van der Waals surface area contributed by atoms with E-state index in [4.69, 9.17) is 4.74 Å². The molecule has 2 aliphatic rings. The SMILES string of the molecule is CN1CCOc2ccc(NC(=O)C3CCCC3)cc2C1=O. The first-order chi connectivity index (χ1) is 10.1. The molecule has 1 fully saturated rings. The fraction of sp³-hybridized carbons (Fsp3) is 0.500. The molecule has 1 aromatic rings. The Morgan fingerprint density at radius 3 is 2.86 bits per heavy atom. The van der Waals surface area contributed by atoms with Gasteiger partial charge in [-0.1, -0.05) is 12.8 Å². The highest BCUT2D eigenvalue weighted by atomic mass is 16.5. The quantitative estimate of drug-likeness (QED) is 0.908. The first-order valence-electron chi connectivity index (χ1n) is 7.48. The van der Waals surface area contributed by atoms with Gasteiger partial charge in [-0.2, -0.15) is 0 Å². The van der Waals surface area contributed by atoms with Crippen LogP contribution in [0.4, 0.5) is 5.69 Å². The maximum absolute atomic E-state index is 12.3. The molecule has 112 valence electrons. The van der Waals surface area contributed by atoms with Crippen molar-refractivity contribution in [1.82, 2.24) is 4.90 Å². The summed E-state index contributed by atoms with van der Waals surface area (Å²) in [5.74, 6) is 0.684. The summed E-state index contributed by atoms with van der Waals surface area (Å²) in [6.45, 7) is 1.06. The van der Waals surface area contributed by atoms with Crippen LogP contribution < -0.4 is 10.1 Å². The van der Waals surface area contributed by atoms with Crippen LogP contribution in [0.3, 0.4) is 0 Å². The Labute approximate surface area is 124 Å². The van der Waals surface area contributed by atoms with E-state index in [1.807, 2.05) is 0 Å². The van der Waals surface area contributed by atoms with Crippen molar-refractivity contribution in [3.63, 3.8) is 0 Å². The van der Waals surface area contributed by atoms with Crippen molar-refractivity contribution in [2.75, 3.05) is 25.5 Å². The Hall–Kier alpha value is -2.04. The highest BCUT2D eigenvalue weighted by Crippen LogP contribution is 2.29. The van der Waals surface area contributed by atoms with Crippen molar-refractivity contribution >= 4 is 17.5 Å². The van der Waals surface area contributed by atoms with Crippen molar-refractivity contribution in [2.24, 2.45) is 5.92 Å². The molecule has 0 unspecified atom stereocenters. The molecule has 1 aliphatic carbocycles. The van der Waals surface area contributed by atoms with Gasteiger partial charge >= 0.3 is 0 Å². The number of carbonyl (C=O) groups excluding carboxylic acids is 2. The van der Waals surface area contributed by atoms with Gasteiger partial charge in [0.1, 0.15) is 12.4 Å². The molecular formula is C16H20N2O3. The summed E-state index contributed by atoms with van der Waals surface area (Å²) in [6.07, 6.45) is 4.17. The summed E-state index contributed by atoms with van der Waals surface area (Å²) in [4.78, 5) is 26.1. The Morgan fingerprint density at radius 1 is 1.33 bits per heavy atom. The number of hydrogen-bond donors (Lipinski definition) is 1. The fourth-order valence-electron chi connectivity index (χ4n) is 2.93. The van der Waals surface area contributed by atoms with E-state index in [0.29, 0.717) is 30.2 Å². The lowest BCUT2D eigenvalue weighted by atomic mass is 10.1. The molecule has 0 bridgehead atoms. The summed E-state index contributed by atoms with van der Waals surface area (Å²) < 4.78 is 5.57. The summed E-state index contributed by atoms with van der Waals surface area (Å²) >= 11 is 0. The van der Waals surface area contributed by atoms with Crippen molar-refractivity contribution in [3.8, 4) is 5.75 Å². The van der Waals surface area contributed by atoms with Crippen LogP contribution in [0.1, 0.15) is 36.0 Å². The van der Waals surface area contributed by atoms with Crippen LogP contribution in [0, 0.1) is 5.92 Å². The molecule has 3 rings (SSSR count). The first-order valence-corrected chi connectivity index (χ1v) is 7.48. The number of nitrogens with zero attached hydrogens (tertiary/aromatic N) is 1. The number of anilines is 1. The molecule has 1 heterocycles. The van der Waals surface area contributed by atoms with Gasteiger partial charge in [0.2, 0.25) is 5.91 Å². The largest absolute Gasteiger partial charge is 0.491 e. The summed E-state index contributed by atoms with van der Waals surface area (Å²) in [6, 6.07) is 5.27. The van der Waals surface area contributed by atoms with Gasteiger partial charge in [-0.15, -0.1) is 0 Å². The van der Waals surface area contributed by atoms with E-state index in [1.54, 1.807) is 30.1 Å². The number of rotatable bonds is 2. The average Bonchev–Trinajstić information content (AvgIpc) is 2.97. The van der Waals surface area contributed by atoms with E-state index in [2.05, 4.69) is 5.32 Å². The third-order valence-corrected chi connectivity index (χ3v) is 4.23. The predicted octanol–water partition coefficient (Wildman–Crippen LogP) is 2.28. The lowest BCUT2D eigenvalue weighted by Crippen LogP contribution is -2.28. The first kappa shape index (κ1) is 13.9. The monoisotopic (exact) mass is 288 g/mol. The number of amides is 2. The summed E-state index contributed by atoms with van der Waals surface area (Å²) in [7, 11) is 1.75. The zero-order valence-electron chi connectivity index (χ0n) is 12.2. The van der Waals surface area contributed by atoms with Crippen LogP contribution in [-0.2, 0) is 4.79 Å². The Morgan fingerprint density at radius 2 is 2.10 bits per heavy atom. The second-order valence-corrected chi connectivity index (χ2v) is 5.76. The number of benzene rings is 1. The van der Waals surface area contributed by atoms with E-state index in [-0.39, 0.29) is 17.7 Å². The van der Waals surface area contributed by atoms with Gasteiger partial charge in [0.25, 0.3) is 5.91 Å². The van der Waals surface area contributed by atoms with Gasteiger partial charge in [-0.05, 0) is 31.0 Å². The molecule has 1 saturated carbocycles. The van der Waals surface area contributed by atoms with Gasteiger partial charge < -0.3 is 15.0 Å². The number of nitrogens with one attached hydrogen (secondary N) is 1. The van der Waals surface area contributed by atoms with Gasteiger partial charge in [0.05, 0.1) is 12.1 Å². The van der Waals surface area contributed by atoms with E-state index in [0.717, 1.165) is 25.7 Å². The van der Waals surface area contributed by atoms with Gasteiger partial charge in [0, 0.05) is 18.7 Å². The van der Waals surface area contributed by atoms with Crippen LogP contribution >= 0.6 is 0 Å². The third kappa shape index (κ3) is 2.86. The minimum absolute atomic E-state index is 0.0581. The van der Waals surface area contributed by atoms with Crippen LogP contribution in [0.25, 0.3) is 0 Å². The minimum Gasteiger partial charge on any atom is -0.491 e. The molecule has 2 amide bonds. The molecule has 5 nitrogen and oxygen atoms in total. The molecule has 0 radical (unpaired) electrons.